The molecule has 3 aromatic heterocycles. The van der Waals surface area contributed by atoms with Crippen LogP contribution in [0.2, 0.25) is 0 Å². The van der Waals surface area contributed by atoms with Crippen molar-refractivity contribution in [1.82, 2.24) is 19.9 Å². The van der Waals surface area contributed by atoms with Crippen LogP contribution < -0.4 is 0 Å². The second kappa shape index (κ2) is 6.94. The van der Waals surface area contributed by atoms with Crippen LogP contribution in [0.25, 0.3) is 10.6 Å². The van der Waals surface area contributed by atoms with Gasteiger partial charge in [0.25, 0.3) is 0 Å². The molecular formula is C19H20N4O3S. The van der Waals surface area contributed by atoms with Crippen molar-refractivity contribution in [2.75, 3.05) is 13.1 Å². The van der Waals surface area contributed by atoms with E-state index >= 15 is 0 Å². The molecule has 8 heteroatoms. The van der Waals surface area contributed by atoms with Gasteiger partial charge in [-0.25, -0.2) is 4.68 Å². The van der Waals surface area contributed by atoms with Gasteiger partial charge in [0.05, 0.1) is 35.5 Å². The van der Waals surface area contributed by atoms with E-state index < -0.39 is 0 Å². The molecule has 5 heterocycles. The van der Waals surface area contributed by atoms with Crippen LogP contribution in [0.4, 0.5) is 0 Å². The molecule has 0 N–H and O–H groups in total. The van der Waals surface area contributed by atoms with Crippen molar-refractivity contribution in [3.8, 4) is 10.6 Å². The van der Waals surface area contributed by atoms with E-state index in [0.717, 1.165) is 35.1 Å². The highest BCUT2D eigenvalue weighted by Crippen LogP contribution is 2.31. The fourth-order valence-electron chi connectivity index (χ4n) is 3.86. The Kier molecular flexibility index (Phi) is 4.29. The van der Waals surface area contributed by atoms with Gasteiger partial charge in [-0.15, -0.1) is 16.4 Å². The van der Waals surface area contributed by atoms with Crippen LogP contribution in [0.3, 0.4) is 0 Å². The lowest BCUT2D eigenvalue weighted by Crippen LogP contribution is -2.49. The predicted octanol–water partition coefficient (Wildman–Crippen LogP) is 2.90. The molecule has 2 atom stereocenters. The molecule has 27 heavy (non-hydrogen) atoms. The van der Waals surface area contributed by atoms with Crippen molar-refractivity contribution in [3.05, 3.63) is 47.3 Å². The second-order valence-electron chi connectivity index (χ2n) is 6.96. The number of ether oxygens (including phenoxy) is 1. The Morgan fingerprint density at radius 3 is 3.19 bits per heavy atom. The summed E-state index contributed by atoms with van der Waals surface area (Å²) in [5, 5.41) is 10.2. The van der Waals surface area contributed by atoms with Crippen LogP contribution in [0.1, 0.15) is 30.3 Å². The molecule has 0 unspecified atom stereocenters. The third kappa shape index (κ3) is 3.19. The number of aryl methyl sites for hydroxylation is 1. The van der Waals surface area contributed by atoms with Crippen LogP contribution in [0, 0.1) is 0 Å². The lowest BCUT2D eigenvalue weighted by molar-refractivity contribution is -0.138. The number of nitrogens with zero attached hydrogens (tertiary/aromatic N) is 4. The lowest BCUT2D eigenvalue weighted by Gasteiger charge is -2.41. The van der Waals surface area contributed by atoms with Gasteiger partial charge < -0.3 is 14.1 Å². The zero-order valence-corrected chi connectivity index (χ0v) is 15.6. The van der Waals surface area contributed by atoms with Crippen LogP contribution >= 0.6 is 11.3 Å². The van der Waals surface area contributed by atoms with Gasteiger partial charge in [-0.3, -0.25) is 4.79 Å². The number of piperidine rings is 1. The Morgan fingerprint density at radius 2 is 2.30 bits per heavy atom. The van der Waals surface area contributed by atoms with Crippen LogP contribution in [0.5, 0.6) is 0 Å². The third-order valence-corrected chi connectivity index (χ3v) is 6.18. The first-order valence-corrected chi connectivity index (χ1v) is 10.1. The fourth-order valence-corrected chi connectivity index (χ4v) is 4.54. The number of carbonyl (C=O) groups is 1. The Hall–Kier alpha value is -2.45. The molecule has 2 aliphatic heterocycles. The van der Waals surface area contributed by atoms with Crippen LogP contribution in [-0.4, -0.2) is 45.0 Å². The van der Waals surface area contributed by atoms with E-state index in [-0.39, 0.29) is 18.1 Å². The highest BCUT2D eigenvalue weighted by molar-refractivity contribution is 7.13. The SMILES string of the molecule is O=C(CCc1ccc(-c2cccs2)o1)N1CC[C@@H]2OCc3cnnn3[C@H]2C1. The smallest absolute Gasteiger partial charge is 0.223 e. The quantitative estimate of drug-likeness (QED) is 0.692. The standard InChI is InChI=1S/C19H20N4O3S/c24-19(6-4-14-3-5-17(26-14)18-2-1-9-27-18)22-8-7-16-15(11-22)23-13(12-25-16)10-20-21-23/h1-3,5,9-10,15-16H,4,6-8,11-12H2/t15-,16-/m0/s1. The highest BCUT2D eigenvalue weighted by atomic mass is 32.1. The van der Waals surface area contributed by atoms with Crippen LogP contribution in [-0.2, 0) is 22.6 Å². The number of thiophene rings is 1. The number of rotatable bonds is 4. The number of likely N-dealkylation sites (tertiary alicyclic amines) is 1. The minimum Gasteiger partial charge on any atom is -0.460 e. The molecule has 1 saturated heterocycles. The van der Waals surface area contributed by atoms with Crippen LogP contribution in [0.15, 0.2) is 40.3 Å². The maximum Gasteiger partial charge on any atom is 0.223 e. The van der Waals surface area contributed by atoms with Crippen molar-refractivity contribution in [3.63, 3.8) is 0 Å². The molecule has 0 spiro atoms. The summed E-state index contributed by atoms with van der Waals surface area (Å²) in [6, 6.07) is 8.04. The van der Waals surface area contributed by atoms with Crippen molar-refractivity contribution in [2.45, 2.75) is 38.0 Å². The summed E-state index contributed by atoms with van der Waals surface area (Å²) in [7, 11) is 0. The van der Waals surface area contributed by atoms with E-state index in [1.165, 1.54) is 0 Å². The van der Waals surface area contributed by atoms with Gasteiger partial charge in [0.2, 0.25) is 5.91 Å². The van der Waals surface area contributed by atoms with Crippen molar-refractivity contribution >= 4 is 17.2 Å². The second-order valence-corrected chi connectivity index (χ2v) is 7.91. The van der Waals surface area contributed by atoms with Gasteiger partial charge in [0, 0.05) is 25.9 Å². The Balaban J connectivity index is 1.21. The molecule has 2 aliphatic rings. The number of amides is 1. The van der Waals surface area contributed by atoms with Crippen molar-refractivity contribution in [2.24, 2.45) is 0 Å². The van der Waals surface area contributed by atoms with Gasteiger partial charge in [-0.05, 0) is 30.0 Å². The molecule has 0 aliphatic carbocycles. The van der Waals surface area contributed by atoms with Gasteiger partial charge in [-0.2, -0.15) is 0 Å². The number of hydrogen-bond acceptors (Lipinski definition) is 6. The molecule has 1 amide bonds. The topological polar surface area (TPSA) is 73.4 Å². The summed E-state index contributed by atoms with van der Waals surface area (Å²) in [4.78, 5) is 15.8. The molecule has 5 rings (SSSR count). The van der Waals surface area contributed by atoms with Gasteiger partial charge >= 0.3 is 0 Å². The van der Waals surface area contributed by atoms with E-state index in [0.29, 0.717) is 26.0 Å². The lowest BCUT2D eigenvalue weighted by atomic mass is 10.00. The first-order chi connectivity index (χ1) is 13.3. The molecule has 7 nitrogen and oxygen atoms in total. The minimum absolute atomic E-state index is 0.0583. The van der Waals surface area contributed by atoms with E-state index in [1.54, 1.807) is 17.5 Å². The monoisotopic (exact) mass is 384 g/mol. The molecule has 0 aromatic carbocycles. The largest absolute Gasteiger partial charge is 0.460 e. The summed E-state index contributed by atoms with van der Waals surface area (Å²) in [6.07, 6.45) is 3.74. The summed E-state index contributed by atoms with van der Waals surface area (Å²) in [5.74, 6) is 1.86. The molecule has 0 radical (unpaired) electrons. The molecule has 140 valence electrons. The number of aromatic nitrogens is 3. The van der Waals surface area contributed by atoms with E-state index in [9.17, 15) is 4.79 Å². The van der Waals surface area contributed by atoms with E-state index in [4.69, 9.17) is 9.15 Å². The molecule has 0 bridgehead atoms. The number of hydrogen-bond donors (Lipinski definition) is 0. The summed E-state index contributed by atoms with van der Waals surface area (Å²) < 4.78 is 13.7. The zero-order chi connectivity index (χ0) is 18.2. The maximum absolute atomic E-state index is 12.7. The zero-order valence-electron chi connectivity index (χ0n) is 14.8. The normalized spacial score (nSPS) is 21.7. The Labute approximate surface area is 160 Å². The summed E-state index contributed by atoms with van der Waals surface area (Å²) >= 11 is 1.65. The van der Waals surface area contributed by atoms with E-state index in [1.807, 2.05) is 39.2 Å². The van der Waals surface area contributed by atoms with Crippen molar-refractivity contribution < 1.29 is 13.9 Å². The van der Waals surface area contributed by atoms with Gasteiger partial charge in [0.1, 0.15) is 11.5 Å². The minimum atomic E-state index is 0.0583. The average molecular weight is 384 g/mol. The molecular weight excluding hydrogens is 364 g/mol. The summed E-state index contributed by atoms with van der Waals surface area (Å²) in [5.41, 5.74) is 0.974. The van der Waals surface area contributed by atoms with Crippen molar-refractivity contribution in [1.29, 1.82) is 0 Å². The third-order valence-electron chi connectivity index (χ3n) is 5.29. The number of carbonyl (C=O) groups excluding carboxylic acids is 1. The molecule has 3 aromatic rings. The maximum atomic E-state index is 12.7. The first kappa shape index (κ1) is 16.7. The highest BCUT2D eigenvalue weighted by Gasteiger charge is 2.37. The fraction of sp³-hybridized carbons (Fsp3) is 0.421. The Morgan fingerprint density at radius 1 is 1.33 bits per heavy atom. The summed E-state index contributed by atoms with van der Waals surface area (Å²) in [6.45, 7) is 1.90. The van der Waals surface area contributed by atoms with Gasteiger partial charge in [-0.1, -0.05) is 11.3 Å². The first-order valence-electron chi connectivity index (χ1n) is 9.19. The van der Waals surface area contributed by atoms with Gasteiger partial charge in [0.15, 0.2) is 0 Å². The predicted molar refractivity (Wildman–Crippen MR) is 99.2 cm³/mol. The number of furan rings is 1. The molecule has 0 saturated carbocycles. The number of fused-ring (bicyclic) bond motifs is 3. The molecule has 1 fully saturated rings. The van der Waals surface area contributed by atoms with E-state index in [2.05, 4.69) is 10.3 Å². The Bertz CT molecular complexity index is 933. The average Bonchev–Trinajstić information content (AvgIpc) is 3.46.